The van der Waals surface area contributed by atoms with Gasteiger partial charge in [0.2, 0.25) is 0 Å². The zero-order valence-corrected chi connectivity index (χ0v) is 15.6. The predicted molar refractivity (Wildman–Crippen MR) is 106 cm³/mol. The highest BCUT2D eigenvalue weighted by atomic mass is 16.5. The van der Waals surface area contributed by atoms with Crippen molar-refractivity contribution in [2.75, 3.05) is 20.3 Å². The van der Waals surface area contributed by atoms with Gasteiger partial charge in [0.15, 0.2) is 0 Å². The summed E-state index contributed by atoms with van der Waals surface area (Å²) < 4.78 is 15.5. The van der Waals surface area contributed by atoms with Crippen LogP contribution in [0.2, 0.25) is 0 Å². The van der Waals surface area contributed by atoms with Crippen molar-refractivity contribution in [3.05, 3.63) is 72.3 Å². The maximum Gasteiger partial charge on any atom is 0.336 e. The van der Waals surface area contributed by atoms with Gasteiger partial charge in [-0.2, -0.15) is 0 Å². The fourth-order valence-electron chi connectivity index (χ4n) is 2.35. The average molecular weight is 382 g/mol. The molecule has 0 aliphatic heterocycles. The molecule has 0 amide bonds. The molecule has 0 aliphatic carbocycles. The van der Waals surface area contributed by atoms with Crippen molar-refractivity contribution in [1.29, 1.82) is 0 Å². The molecule has 0 aliphatic rings. The highest BCUT2D eigenvalue weighted by molar-refractivity contribution is 6.20. The van der Waals surface area contributed by atoms with Crippen molar-refractivity contribution >= 4 is 23.6 Å². The molecule has 0 fully saturated rings. The van der Waals surface area contributed by atoms with E-state index < -0.39 is 11.9 Å². The second-order valence-corrected chi connectivity index (χ2v) is 5.73. The SMILES string of the molecule is C=CC(=O)OCCCOc1ccc(/C(=C\c2ccc(OC)cc2)C(=O)O)cc1. The molecular weight excluding hydrogens is 360 g/mol. The first kappa shape index (κ1) is 20.8. The number of esters is 1. The van der Waals surface area contributed by atoms with E-state index in [0.29, 0.717) is 30.1 Å². The van der Waals surface area contributed by atoms with Gasteiger partial charge in [0.05, 0.1) is 25.9 Å². The first-order valence-electron chi connectivity index (χ1n) is 8.65. The van der Waals surface area contributed by atoms with Crippen LogP contribution in [0.1, 0.15) is 17.5 Å². The lowest BCUT2D eigenvalue weighted by atomic mass is 10.0. The minimum atomic E-state index is -1.02. The normalized spacial score (nSPS) is 10.8. The van der Waals surface area contributed by atoms with Gasteiger partial charge < -0.3 is 19.3 Å². The summed E-state index contributed by atoms with van der Waals surface area (Å²) in [7, 11) is 1.57. The number of carbonyl (C=O) groups is 2. The second-order valence-electron chi connectivity index (χ2n) is 5.73. The van der Waals surface area contributed by atoms with E-state index in [9.17, 15) is 14.7 Å². The number of methoxy groups -OCH3 is 1. The summed E-state index contributed by atoms with van der Waals surface area (Å²) in [6.45, 7) is 3.94. The largest absolute Gasteiger partial charge is 0.497 e. The van der Waals surface area contributed by atoms with Crippen LogP contribution in [0.25, 0.3) is 11.6 Å². The van der Waals surface area contributed by atoms with Crippen LogP contribution in [-0.2, 0) is 14.3 Å². The van der Waals surface area contributed by atoms with Crippen molar-refractivity contribution in [2.45, 2.75) is 6.42 Å². The fraction of sp³-hybridized carbons (Fsp3) is 0.182. The van der Waals surface area contributed by atoms with Gasteiger partial charge >= 0.3 is 11.9 Å². The number of carboxylic acid groups (broad SMARTS) is 1. The number of carbonyl (C=O) groups excluding carboxylic acids is 1. The monoisotopic (exact) mass is 382 g/mol. The van der Waals surface area contributed by atoms with Gasteiger partial charge in [-0.05, 0) is 41.5 Å². The average Bonchev–Trinajstić information content (AvgIpc) is 2.72. The minimum absolute atomic E-state index is 0.174. The van der Waals surface area contributed by atoms with Gasteiger partial charge in [0.25, 0.3) is 0 Å². The molecule has 2 aromatic rings. The van der Waals surface area contributed by atoms with Gasteiger partial charge in [-0.15, -0.1) is 0 Å². The number of benzene rings is 2. The lowest BCUT2D eigenvalue weighted by molar-refractivity contribution is -0.138. The van der Waals surface area contributed by atoms with Crippen LogP contribution in [0.3, 0.4) is 0 Å². The van der Waals surface area contributed by atoms with Crippen LogP contribution >= 0.6 is 0 Å². The van der Waals surface area contributed by atoms with Gasteiger partial charge in [0.1, 0.15) is 11.5 Å². The summed E-state index contributed by atoms with van der Waals surface area (Å²) in [5.41, 5.74) is 1.50. The first-order chi connectivity index (χ1) is 13.5. The summed E-state index contributed by atoms with van der Waals surface area (Å²) in [4.78, 5) is 22.6. The van der Waals surface area contributed by atoms with Crippen LogP contribution in [-0.4, -0.2) is 37.4 Å². The van der Waals surface area contributed by atoms with E-state index in [0.717, 1.165) is 11.6 Å². The van der Waals surface area contributed by atoms with Crippen molar-refractivity contribution < 1.29 is 28.9 Å². The molecule has 0 saturated heterocycles. The van der Waals surface area contributed by atoms with E-state index >= 15 is 0 Å². The molecule has 0 spiro atoms. The molecule has 1 N–H and O–H groups in total. The number of hydrogen-bond donors (Lipinski definition) is 1. The number of rotatable bonds is 10. The number of carboxylic acids is 1. The standard InChI is InChI=1S/C22H22O6/c1-3-21(23)28-14-4-13-27-19-11-7-17(8-12-19)20(22(24)25)15-16-5-9-18(26-2)10-6-16/h3,5-12,15H,1,4,13-14H2,2H3,(H,24,25)/b20-15+. The van der Waals surface area contributed by atoms with Crippen LogP contribution in [0.4, 0.5) is 0 Å². The van der Waals surface area contributed by atoms with Gasteiger partial charge in [-0.25, -0.2) is 9.59 Å². The third kappa shape index (κ3) is 6.32. The van der Waals surface area contributed by atoms with Gasteiger partial charge in [-0.3, -0.25) is 0 Å². The Morgan fingerprint density at radius 3 is 2.21 bits per heavy atom. The van der Waals surface area contributed by atoms with E-state index in [1.54, 1.807) is 61.7 Å². The number of ether oxygens (including phenoxy) is 3. The Balaban J connectivity index is 2.00. The maximum atomic E-state index is 11.7. The number of aliphatic carboxylic acids is 1. The quantitative estimate of drug-likeness (QED) is 0.291. The van der Waals surface area contributed by atoms with E-state index in [1.807, 2.05) is 0 Å². The minimum Gasteiger partial charge on any atom is -0.497 e. The molecular formula is C22H22O6. The molecule has 2 rings (SSSR count). The summed E-state index contributed by atoms with van der Waals surface area (Å²) in [5.74, 6) is -0.175. The highest BCUT2D eigenvalue weighted by Crippen LogP contribution is 2.23. The molecule has 0 aromatic heterocycles. The summed E-state index contributed by atoms with van der Waals surface area (Å²) in [6.07, 6.45) is 3.25. The van der Waals surface area contributed by atoms with Crippen LogP contribution in [0.5, 0.6) is 11.5 Å². The summed E-state index contributed by atoms with van der Waals surface area (Å²) in [5, 5.41) is 9.55. The fourth-order valence-corrected chi connectivity index (χ4v) is 2.35. The highest BCUT2D eigenvalue weighted by Gasteiger charge is 2.11. The Kier molecular flexibility index (Phi) is 7.84. The van der Waals surface area contributed by atoms with Crippen LogP contribution in [0, 0.1) is 0 Å². The topological polar surface area (TPSA) is 82.1 Å². The van der Waals surface area contributed by atoms with Crippen LogP contribution in [0.15, 0.2) is 61.2 Å². The van der Waals surface area contributed by atoms with Crippen molar-refractivity contribution in [2.24, 2.45) is 0 Å². The van der Waals surface area contributed by atoms with Crippen molar-refractivity contribution in [1.82, 2.24) is 0 Å². The molecule has 0 saturated carbocycles. The van der Waals surface area contributed by atoms with Crippen LogP contribution < -0.4 is 9.47 Å². The molecule has 6 heteroatoms. The maximum absolute atomic E-state index is 11.7. The summed E-state index contributed by atoms with van der Waals surface area (Å²) in [6, 6.07) is 13.9. The van der Waals surface area contributed by atoms with E-state index in [-0.39, 0.29) is 12.2 Å². The molecule has 0 unspecified atom stereocenters. The third-order valence-electron chi connectivity index (χ3n) is 3.79. The van der Waals surface area contributed by atoms with E-state index in [2.05, 4.69) is 6.58 Å². The van der Waals surface area contributed by atoms with Crippen molar-refractivity contribution in [3.63, 3.8) is 0 Å². The lowest BCUT2D eigenvalue weighted by Gasteiger charge is -2.08. The molecule has 0 heterocycles. The second kappa shape index (κ2) is 10.6. The van der Waals surface area contributed by atoms with Gasteiger partial charge in [-0.1, -0.05) is 30.8 Å². The molecule has 6 nitrogen and oxygen atoms in total. The molecule has 0 radical (unpaired) electrons. The first-order valence-corrected chi connectivity index (χ1v) is 8.65. The third-order valence-corrected chi connectivity index (χ3v) is 3.79. The Labute approximate surface area is 163 Å². The van der Waals surface area contributed by atoms with Crippen molar-refractivity contribution in [3.8, 4) is 11.5 Å². The molecule has 2 aromatic carbocycles. The molecule has 28 heavy (non-hydrogen) atoms. The predicted octanol–water partition coefficient (Wildman–Crippen LogP) is 3.82. The van der Waals surface area contributed by atoms with Gasteiger partial charge in [0, 0.05) is 12.5 Å². The Morgan fingerprint density at radius 2 is 1.64 bits per heavy atom. The molecule has 146 valence electrons. The summed E-state index contributed by atoms with van der Waals surface area (Å²) >= 11 is 0. The Bertz CT molecular complexity index is 834. The number of hydrogen-bond acceptors (Lipinski definition) is 5. The Morgan fingerprint density at radius 1 is 1.00 bits per heavy atom. The van der Waals surface area contributed by atoms with E-state index in [4.69, 9.17) is 14.2 Å². The zero-order chi connectivity index (χ0) is 20.4. The molecule has 0 atom stereocenters. The molecule has 0 bridgehead atoms. The smallest absolute Gasteiger partial charge is 0.336 e. The Hall–Kier alpha value is -3.54. The lowest BCUT2D eigenvalue weighted by Crippen LogP contribution is -2.06. The zero-order valence-electron chi connectivity index (χ0n) is 15.6. The van der Waals surface area contributed by atoms with E-state index in [1.165, 1.54) is 0 Å².